The van der Waals surface area contributed by atoms with E-state index >= 15 is 0 Å². The van der Waals surface area contributed by atoms with Crippen molar-refractivity contribution in [2.75, 3.05) is 11.5 Å². The quantitative estimate of drug-likeness (QED) is 0.429. The summed E-state index contributed by atoms with van der Waals surface area (Å²) in [5.74, 6) is -1.37. The molecule has 0 aromatic rings. The van der Waals surface area contributed by atoms with Crippen molar-refractivity contribution < 1.29 is 20.5 Å². The van der Waals surface area contributed by atoms with E-state index in [4.69, 9.17) is 60.1 Å². The first-order valence-electron chi connectivity index (χ1n) is 4.42. The van der Waals surface area contributed by atoms with Gasteiger partial charge in [0.2, 0.25) is 0 Å². The van der Waals surface area contributed by atoms with Crippen molar-refractivity contribution in [1.29, 1.82) is 0 Å². The molecule has 0 bridgehead atoms. The van der Waals surface area contributed by atoms with Crippen LogP contribution >= 0.6 is 60.1 Å². The first-order chi connectivity index (χ1) is 8.12. The van der Waals surface area contributed by atoms with Crippen LogP contribution in [0.15, 0.2) is 0 Å². The van der Waals surface area contributed by atoms with Crippen molar-refractivity contribution in [1.82, 2.24) is 0 Å². The van der Waals surface area contributed by atoms with Gasteiger partial charge in [-0.25, -0.2) is 0 Å². The molecule has 0 atom stereocenters. The molecule has 0 aliphatic heterocycles. The molecule has 15 heteroatoms. The average molecular weight is 558 g/mol. The van der Waals surface area contributed by atoms with Gasteiger partial charge in [-0.1, -0.05) is 0 Å². The molecule has 0 heterocycles. The SMILES string of the molecule is O=S(=O)(C[CH2][Ge]([Cl])([Cl])[Cl])OS(=O)(=O)C[CH2][Ge]([Cl])([Cl])[Cl]. The van der Waals surface area contributed by atoms with Gasteiger partial charge in [0.15, 0.2) is 0 Å². The van der Waals surface area contributed by atoms with Crippen molar-refractivity contribution in [3.63, 3.8) is 0 Å². The van der Waals surface area contributed by atoms with Crippen molar-refractivity contribution in [3.8, 4) is 0 Å². The van der Waals surface area contributed by atoms with Crippen LogP contribution in [-0.2, 0) is 23.9 Å². The van der Waals surface area contributed by atoms with E-state index in [0.29, 0.717) is 0 Å². The van der Waals surface area contributed by atoms with Crippen molar-refractivity contribution >= 4 is 101 Å². The first kappa shape index (κ1) is 21.7. The molecule has 0 rings (SSSR count). The van der Waals surface area contributed by atoms with E-state index in [1.807, 2.05) is 0 Å². The summed E-state index contributed by atoms with van der Waals surface area (Å²) in [5.41, 5.74) is 0. The predicted molar refractivity (Wildman–Crippen MR) is 84.9 cm³/mol. The number of hydrogen-bond acceptors (Lipinski definition) is 5. The van der Waals surface area contributed by atoms with Crippen LogP contribution in [0.3, 0.4) is 0 Å². The Morgan fingerprint density at radius 1 is 0.684 bits per heavy atom. The molecule has 0 radical (unpaired) electrons. The molecule has 0 saturated carbocycles. The fraction of sp³-hybridized carbons (Fsp3) is 1.00. The van der Waals surface area contributed by atoms with Gasteiger partial charge in [0, 0.05) is 0 Å². The number of halogens is 6. The maximum atomic E-state index is 11.4. The predicted octanol–water partition coefficient (Wildman–Crippen LogP) is 2.97. The van der Waals surface area contributed by atoms with E-state index < -0.39 is 52.7 Å². The van der Waals surface area contributed by atoms with Crippen LogP contribution in [0.2, 0.25) is 10.5 Å². The standard InChI is InChI=1S/C4H8Cl6Ge2O5S2/c5-11(6,7)1-3-18(13,14)17-19(15,16)4-2-12(8,9)10/h1-4H2. The minimum atomic E-state index is -4.34. The zero-order valence-electron chi connectivity index (χ0n) is 8.95. The second kappa shape index (κ2) is 7.98. The van der Waals surface area contributed by atoms with E-state index in [2.05, 4.69) is 3.63 Å². The molecule has 5 nitrogen and oxygen atoms in total. The molecular weight excluding hydrogens is 550 g/mol. The summed E-state index contributed by atoms with van der Waals surface area (Å²) in [7, 11) is 17.2. The molecule has 116 valence electrons. The van der Waals surface area contributed by atoms with Crippen LogP contribution in [0.25, 0.3) is 0 Å². The third-order valence-corrected chi connectivity index (χ3v) is 15.4. The van der Waals surface area contributed by atoms with E-state index in [1.54, 1.807) is 0 Å². The van der Waals surface area contributed by atoms with Gasteiger partial charge in [-0.3, -0.25) is 0 Å². The summed E-state index contributed by atoms with van der Waals surface area (Å²) in [5, 5.41) is -0.463. The zero-order chi connectivity index (χ0) is 15.5. The van der Waals surface area contributed by atoms with Crippen molar-refractivity contribution in [2.24, 2.45) is 0 Å². The minimum absolute atomic E-state index is 0.231. The fourth-order valence-corrected chi connectivity index (χ4v) is 16.8. The van der Waals surface area contributed by atoms with E-state index in [1.165, 1.54) is 0 Å². The second-order valence-corrected chi connectivity index (χ2v) is 40.3. The van der Waals surface area contributed by atoms with Gasteiger partial charge >= 0.3 is 144 Å². The second-order valence-electron chi connectivity index (χ2n) is 3.32. The van der Waals surface area contributed by atoms with Crippen LogP contribution in [0.1, 0.15) is 0 Å². The molecule has 0 aliphatic rings. The molecular formula is C4H8Cl6Ge2O5S2. The maximum absolute atomic E-state index is 11.4. The van der Waals surface area contributed by atoms with Crippen LogP contribution in [0, 0.1) is 0 Å². The van der Waals surface area contributed by atoms with Gasteiger partial charge in [0.1, 0.15) is 0 Å². The Labute approximate surface area is 142 Å². The summed E-state index contributed by atoms with van der Waals surface area (Å²) in [4.78, 5) is 0. The molecule has 19 heavy (non-hydrogen) atoms. The molecule has 0 aromatic heterocycles. The summed E-state index contributed by atoms with van der Waals surface area (Å²) >= 11 is 0. The molecule has 0 fully saturated rings. The summed E-state index contributed by atoms with van der Waals surface area (Å²) in [6, 6.07) is 0. The molecule has 0 N–H and O–H groups in total. The molecule has 0 saturated heterocycles. The Hall–Kier alpha value is 2.69. The van der Waals surface area contributed by atoms with Crippen LogP contribution in [-0.4, -0.2) is 49.3 Å². The van der Waals surface area contributed by atoms with Gasteiger partial charge in [-0.15, -0.1) is 0 Å². The summed E-state index contributed by atoms with van der Waals surface area (Å²) in [6.07, 6.45) is 0. The van der Waals surface area contributed by atoms with E-state index in [9.17, 15) is 16.8 Å². The van der Waals surface area contributed by atoms with Crippen LogP contribution in [0.4, 0.5) is 0 Å². The molecule has 0 spiro atoms. The normalized spacial score (nSPS) is 14.6. The molecule has 0 amide bonds. The monoisotopic (exact) mass is 558 g/mol. The third kappa shape index (κ3) is 14.0. The topological polar surface area (TPSA) is 77.5 Å². The van der Waals surface area contributed by atoms with Crippen molar-refractivity contribution in [3.05, 3.63) is 0 Å². The Morgan fingerprint density at radius 2 is 0.947 bits per heavy atom. The molecule has 0 aromatic carbocycles. The molecule has 0 unspecified atom stereocenters. The Balaban J connectivity index is 4.57. The number of rotatable bonds is 8. The zero-order valence-corrected chi connectivity index (χ0v) is 19.3. The van der Waals surface area contributed by atoms with Gasteiger partial charge in [0.25, 0.3) is 0 Å². The van der Waals surface area contributed by atoms with Crippen LogP contribution in [0.5, 0.6) is 0 Å². The van der Waals surface area contributed by atoms with Crippen molar-refractivity contribution in [2.45, 2.75) is 10.5 Å². The summed E-state index contributed by atoms with van der Waals surface area (Å²) < 4.78 is 49.6. The molecule has 0 aliphatic carbocycles. The fourth-order valence-electron chi connectivity index (χ4n) is 0.707. The van der Waals surface area contributed by atoms with Gasteiger partial charge in [-0.05, 0) is 0 Å². The average Bonchev–Trinajstić information content (AvgIpc) is 2.09. The van der Waals surface area contributed by atoms with Gasteiger partial charge in [-0.2, -0.15) is 0 Å². The van der Waals surface area contributed by atoms with E-state index in [-0.39, 0.29) is 10.5 Å². The summed E-state index contributed by atoms with van der Waals surface area (Å²) in [6.45, 7) is 0. The number of hydrogen-bond donors (Lipinski definition) is 0. The van der Waals surface area contributed by atoms with Gasteiger partial charge < -0.3 is 0 Å². The Bertz CT molecular complexity index is 447. The van der Waals surface area contributed by atoms with Crippen LogP contribution < -0.4 is 0 Å². The Kier molecular flexibility index (Phi) is 9.11. The van der Waals surface area contributed by atoms with Gasteiger partial charge in [0.05, 0.1) is 0 Å². The Morgan fingerprint density at radius 3 is 1.16 bits per heavy atom. The third-order valence-electron chi connectivity index (χ3n) is 1.48. The first-order valence-corrected chi connectivity index (χ1v) is 27.1. The van der Waals surface area contributed by atoms with E-state index in [0.717, 1.165) is 0 Å².